The highest BCUT2D eigenvalue weighted by molar-refractivity contribution is 5.97. The van der Waals surface area contributed by atoms with Gasteiger partial charge in [-0.2, -0.15) is 0 Å². The summed E-state index contributed by atoms with van der Waals surface area (Å²) < 4.78 is 5.31. The fourth-order valence-corrected chi connectivity index (χ4v) is 3.40. The Bertz CT molecular complexity index is 747. The van der Waals surface area contributed by atoms with Crippen molar-refractivity contribution in [2.45, 2.75) is 52.0 Å². The molecule has 3 heterocycles. The van der Waals surface area contributed by atoms with Gasteiger partial charge in [0.15, 0.2) is 0 Å². The van der Waals surface area contributed by atoms with E-state index in [4.69, 9.17) is 10.3 Å². The molecule has 6 nitrogen and oxygen atoms in total. The number of nitrogens with two attached hydrogens (primary N) is 1. The van der Waals surface area contributed by atoms with Crippen molar-refractivity contribution in [2.24, 2.45) is 11.7 Å². The molecule has 1 fully saturated rings. The third-order valence-corrected chi connectivity index (χ3v) is 4.80. The lowest BCUT2D eigenvalue weighted by molar-refractivity contribution is 0.0573. The molecule has 0 aromatic carbocycles. The van der Waals surface area contributed by atoms with E-state index in [0.29, 0.717) is 23.7 Å². The number of hydrogen-bond donors (Lipinski definition) is 1. The molecule has 2 N–H and O–H groups in total. The first kappa shape index (κ1) is 16.9. The molecular weight excluding hydrogens is 304 g/mol. The molecule has 0 radical (unpaired) electrons. The number of rotatable bonds is 2. The van der Waals surface area contributed by atoms with Crippen LogP contribution in [0.3, 0.4) is 0 Å². The molecule has 24 heavy (non-hydrogen) atoms. The molecule has 2 aromatic heterocycles. The van der Waals surface area contributed by atoms with Gasteiger partial charge in [0.2, 0.25) is 0 Å². The molecule has 1 aliphatic heterocycles. The van der Waals surface area contributed by atoms with Crippen LogP contribution in [0.2, 0.25) is 0 Å². The van der Waals surface area contributed by atoms with Gasteiger partial charge in [-0.3, -0.25) is 4.79 Å². The van der Waals surface area contributed by atoms with Crippen LogP contribution in [-0.2, 0) is 5.41 Å². The van der Waals surface area contributed by atoms with E-state index in [1.165, 1.54) is 0 Å². The van der Waals surface area contributed by atoms with E-state index in [1.807, 2.05) is 11.0 Å². The van der Waals surface area contributed by atoms with Crippen LogP contribution in [0.25, 0.3) is 11.1 Å². The van der Waals surface area contributed by atoms with Gasteiger partial charge in [0.1, 0.15) is 0 Å². The summed E-state index contributed by atoms with van der Waals surface area (Å²) in [6.45, 7) is 9.65. The summed E-state index contributed by atoms with van der Waals surface area (Å²) in [4.78, 5) is 19.2. The molecule has 0 aliphatic carbocycles. The molecule has 6 heteroatoms. The summed E-state index contributed by atoms with van der Waals surface area (Å²) in [5, 5.41) is 4.95. The molecule has 2 unspecified atom stereocenters. The van der Waals surface area contributed by atoms with E-state index in [2.05, 4.69) is 37.8 Å². The van der Waals surface area contributed by atoms with Crippen LogP contribution in [-0.4, -0.2) is 40.1 Å². The summed E-state index contributed by atoms with van der Waals surface area (Å²) >= 11 is 0. The van der Waals surface area contributed by atoms with Crippen molar-refractivity contribution in [2.75, 3.05) is 13.1 Å². The van der Waals surface area contributed by atoms with Crippen molar-refractivity contribution in [1.82, 2.24) is 15.0 Å². The largest absolute Gasteiger partial charge is 0.336 e. The predicted octanol–water partition coefficient (Wildman–Crippen LogP) is 2.72. The average molecular weight is 330 g/mol. The second-order valence-corrected chi connectivity index (χ2v) is 7.88. The van der Waals surface area contributed by atoms with Gasteiger partial charge in [-0.15, -0.1) is 0 Å². The fraction of sp³-hybridized carbons (Fsp3) is 0.611. The number of carbonyl (C=O) groups excluding carboxylic acids is 1. The Morgan fingerprint density at radius 2 is 2.21 bits per heavy atom. The highest BCUT2D eigenvalue weighted by Gasteiger charge is 2.30. The number of carbonyl (C=O) groups is 1. The first-order valence-electron chi connectivity index (χ1n) is 8.58. The number of hydrogen-bond acceptors (Lipinski definition) is 5. The zero-order valence-corrected chi connectivity index (χ0v) is 14.9. The first-order chi connectivity index (χ1) is 11.3. The standard InChI is InChI=1S/C18H26N4O2/c1-11-5-6-22(13(7-11)9-19)17(23)12-8-14-15(18(2,3)4)21-24-16(14)20-10-12/h8,10-11,13H,5-7,9,19H2,1-4H3. The summed E-state index contributed by atoms with van der Waals surface area (Å²) in [5.41, 5.74) is 7.59. The number of fused-ring (bicyclic) bond motifs is 1. The summed E-state index contributed by atoms with van der Waals surface area (Å²) in [7, 11) is 0. The smallest absolute Gasteiger partial charge is 0.257 e. The van der Waals surface area contributed by atoms with Crippen LogP contribution in [0.5, 0.6) is 0 Å². The minimum Gasteiger partial charge on any atom is -0.336 e. The Balaban J connectivity index is 1.95. The van der Waals surface area contributed by atoms with E-state index in [1.54, 1.807) is 6.20 Å². The van der Waals surface area contributed by atoms with Gasteiger partial charge in [0.05, 0.1) is 16.6 Å². The van der Waals surface area contributed by atoms with Crippen LogP contribution in [0.1, 0.15) is 56.6 Å². The quantitative estimate of drug-likeness (QED) is 0.915. The molecule has 1 aliphatic rings. The number of piperidine rings is 1. The van der Waals surface area contributed by atoms with Crippen molar-refractivity contribution in [3.8, 4) is 0 Å². The zero-order chi connectivity index (χ0) is 17.5. The van der Waals surface area contributed by atoms with Gasteiger partial charge in [-0.05, 0) is 24.8 Å². The predicted molar refractivity (Wildman–Crippen MR) is 92.8 cm³/mol. The van der Waals surface area contributed by atoms with Crippen molar-refractivity contribution >= 4 is 17.0 Å². The molecule has 3 rings (SSSR count). The lowest BCUT2D eigenvalue weighted by Crippen LogP contribution is -2.49. The third kappa shape index (κ3) is 3.02. The summed E-state index contributed by atoms with van der Waals surface area (Å²) in [6.07, 6.45) is 3.55. The fourth-order valence-electron chi connectivity index (χ4n) is 3.40. The number of nitrogens with zero attached hydrogens (tertiary/aromatic N) is 3. The van der Waals surface area contributed by atoms with Gasteiger partial charge < -0.3 is 15.2 Å². The molecule has 0 spiro atoms. The second kappa shape index (κ2) is 6.16. The molecule has 2 aromatic rings. The molecule has 130 valence electrons. The molecule has 1 amide bonds. The summed E-state index contributed by atoms with van der Waals surface area (Å²) in [6, 6.07) is 1.95. The minimum atomic E-state index is -0.172. The highest BCUT2D eigenvalue weighted by Crippen LogP contribution is 2.30. The Labute approximate surface area is 142 Å². The van der Waals surface area contributed by atoms with Crippen LogP contribution in [0.4, 0.5) is 0 Å². The normalized spacial score (nSPS) is 22.1. The minimum absolute atomic E-state index is 0.00666. The molecule has 2 atom stereocenters. The van der Waals surface area contributed by atoms with Crippen LogP contribution < -0.4 is 5.73 Å². The van der Waals surface area contributed by atoms with Gasteiger partial charge in [0.25, 0.3) is 11.6 Å². The number of amides is 1. The van der Waals surface area contributed by atoms with E-state index >= 15 is 0 Å². The highest BCUT2D eigenvalue weighted by atomic mass is 16.5. The summed E-state index contributed by atoms with van der Waals surface area (Å²) in [5.74, 6) is 0.599. The maximum Gasteiger partial charge on any atom is 0.257 e. The van der Waals surface area contributed by atoms with Gasteiger partial charge >= 0.3 is 0 Å². The Hall–Kier alpha value is -1.95. The maximum absolute atomic E-state index is 13.0. The zero-order valence-electron chi connectivity index (χ0n) is 14.9. The van der Waals surface area contributed by atoms with Crippen molar-refractivity contribution < 1.29 is 9.32 Å². The first-order valence-corrected chi connectivity index (χ1v) is 8.58. The van der Waals surface area contributed by atoms with E-state index in [-0.39, 0.29) is 17.4 Å². The van der Waals surface area contributed by atoms with Crippen molar-refractivity contribution in [1.29, 1.82) is 0 Å². The topological polar surface area (TPSA) is 85.2 Å². The van der Waals surface area contributed by atoms with Crippen LogP contribution >= 0.6 is 0 Å². The molecule has 0 saturated carbocycles. The van der Waals surface area contributed by atoms with Crippen molar-refractivity contribution in [3.63, 3.8) is 0 Å². The van der Waals surface area contributed by atoms with Gasteiger partial charge in [0, 0.05) is 30.7 Å². The molecule has 0 bridgehead atoms. The maximum atomic E-state index is 13.0. The number of aromatic nitrogens is 2. The lowest BCUT2D eigenvalue weighted by atomic mass is 9.90. The van der Waals surface area contributed by atoms with Crippen LogP contribution in [0, 0.1) is 5.92 Å². The lowest BCUT2D eigenvalue weighted by Gasteiger charge is -2.38. The Kier molecular flexibility index (Phi) is 4.34. The second-order valence-electron chi connectivity index (χ2n) is 7.88. The van der Waals surface area contributed by atoms with Gasteiger partial charge in [-0.1, -0.05) is 32.9 Å². The Morgan fingerprint density at radius 1 is 1.46 bits per heavy atom. The van der Waals surface area contributed by atoms with E-state index in [9.17, 15) is 4.79 Å². The number of likely N-dealkylation sites (tertiary alicyclic amines) is 1. The van der Waals surface area contributed by atoms with E-state index < -0.39 is 0 Å². The van der Waals surface area contributed by atoms with E-state index in [0.717, 1.165) is 30.5 Å². The number of pyridine rings is 1. The monoisotopic (exact) mass is 330 g/mol. The Morgan fingerprint density at radius 3 is 2.88 bits per heavy atom. The molecule has 1 saturated heterocycles. The third-order valence-electron chi connectivity index (χ3n) is 4.80. The van der Waals surface area contributed by atoms with Crippen LogP contribution in [0.15, 0.2) is 16.8 Å². The van der Waals surface area contributed by atoms with Gasteiger partial charge in [-0.25, -0.2) is 4.98 Å². The SMILES string of the molecule is CC1CCN(C(=O)c2cnc3onc(C(C)(C)C)c3c2)C(CN)C1. The molecular formula is C18H26N4O2. The van der Waals surface area contributed by atoms with Crippen molar-refractivity contribution in [3.05, 3.63) is 23.5 Å². The average Bonchev–Trinajstić information content (AvgIpc) is 2.97.